The predicted octanol–water partition coefficient (Wildman–Crippen LogP) is 1.25. The molecule has 160 valence electrons. The van der Waals surface area contributed by atoms with E-state index in [1.165, 1.54) is 0 Å². The van der Waals surface area contributed by atoms with Crippen molar-refractivity contribution in [3.63, 3.8) is 0 Å². The lowest BCUT2D eigenvalue weighted by Crippen LogP contribution is -2.30. The summed E-state index contributed by atoms with van der Waals surface area (Å²) in [7, 11) is 0. The molecule has 3 rings (SSSR count). The minimum absolute atomic E-state index is 0. The Morgan fingerprint density at radius 3 is 2.30 bits per heavy atom. The number of fused-ring (bicyclic) bond motifs is 1. The quantitative estimate of drug-likeness (QED) is 0.233. The fourth-order valence-electron chi connectivity index (χ4n) is 3.26. The molecule has 0 saturated heterocycles. The van der Waals surface area contributed by atoms with Gasteiger partial charge in [0.05, 0.1) is 6.04 Å². The number of hydrogen-bond donors (Lipinski definition) is 5. The van der Waals surface area contributed by atoms with Crippen LogP contribution in [0.1, 0.15) is 40.9 Å². The SMILES string of the molecule is CC(NC(=O)c1ccccc1CCC(=O)NN)c1cccc2ccccc12.NN.O. The van der Waals surface area contributed by atoms with Crippen molar-refractivity contribution in [1.82, 2.24) is 10.7 Å². The van der Waals surface area contributed by atoms with Gasteiger partial charge in [0.25, 0.3) is 5.91 Å². The van der Waals surface area contributed by atoms with Gasteiger partial charge in [0.15, 0.2) is 0 Å². The Hall–Kier alpha value is -3.30. The number of nitrogens with one attached hydrogen (secondary N) is 2. The molecular weight excluding hydrogens is 382 g/mol. The molecule has 3 aromatic rings. The highest BCUT2D eigenvalue weighted by Gasteiger charge is 2.16. The van der Waals surface area contributed by atoms with E-state index in [1.54, 1.807) is 6.07 Å². The smallest absolute Gasteiger partial charge is 0.252 e. The summed E-state index contributed by atoms with van der Waals surface area (Å²) >= 11 is 0. The van der Waals surface area contributed by atoms with Gasteiger partial charge in [0.1, 0.15) is 0 Å². The number of nitrogens with two attached hydrogens (primary N) is 3. The molecule has 30 heavy (non-hydrogen) atoms. The second-order valence-electron chi connectivity index (χ2n) is 6.49. The summed E-state index contributed by atoms with van der Waals surface area (Å²) in [5, 5.41) is 5.35. The topological polar surface area (TPSA) is 168 Å². The minimum atomic E-state index is -0.255. The molecule has 0 spiro atoms. The minimum Gasteiger partial charge on any atom is -0.412 e. The second-order valence-corrected chi connectivity index (χ2v) is 6.49. The Bertz CT molecular complexity index is 972. The van der Waals surface area contributed by atoms with E-state index in [0.717, 1.165) is 21.9 Å². The molecule has 10 N–H and O–H groups in total. The highest BCUT2D eigenvalue weighted by molar-refractivity contribution is 5.96. The van der Waals surface area contributed by atoms with Crippen molar-refractivity contribution in [3.05, 3.63) is 83.4 Å². The van der Waals surface area contributed by atoms with Crippen LogP contribution in [-0.2, 0) is 11.2 Å². The van der Waals surface area contributed by atoms with Crippen LogP contribution < -0.4 is 28.3 Å². The van der Waals surface area contributed by atoms with Crippen molar-refractivity contribution in [2.45, 2.75) is 25.8 Å². The average Bonchev–Trinajstić information content (AvgIpc) is 2.78. The molecule has 0 bridgehead atoms. The third kappa shape index (κ3) is 6.10. The number of carbonyl (C=O) groups excluding carboxylic acids is 2. The van der Waals surface area contributed by atoms with Gasteiger partial charge in [-0.25, -0.2) is 5.84 Å². The van der Waals surface area contributed by atoms with E-state index in [-0.39, 0.29) is 29.8 Å². The van der Waals surface area contributed by atoms with E-state index in [9.17, 15) is 9.59 Å². The number of rotatable bonds is 6. The molecular formula is C22H29N5O3. The predicted molar refractivity (Wildman–Crippen MR) is 119 cm³/mol. The maximum Gasteiger partial charge on any atom is 0.252 e. The molecule has 1 unspecified atom stereocenters. The molecule has 3 aromatic carbocycles. The summed E-state index contributed by atoms with van der Waals surface area (Å²) in [4.78, 5) is 24.3. The van der Waals surface area contributed by atoms with Crippen LogP contribution in [0.4, 0.5) is 0 Å². The van der Waals surface area contributed by atoms with Gasteiger partial charge in [-0.2, -0.15) is 0 Å². The van der Waals surface area contributed by atoms with Gasteiger partial charge in [-0.05, 0) is 41.3 Å². The molecule has 8 nitrogen and oxygen atoms in total. The molecule has 8 heteroatoms. The molecule has 0 saturated carbocycles. The van der Waals surface area contributed by atoms with Crippen LogP contribution >= 0.6 is 0 Å². The summed E-state index contributed by atoms with van der Waals surface area (Å²) in [5.74, 6) is 12.7. The van der Waals surface area contributed by atoms with Gasteiger partial charge < -0.3 is 10.8 Å². The highest BCUT2D eigenvalue weighted by Crippen LogP contribution is 2.24. The van der Waals surface area contributed by atoms with Gasteiger partial charge in [-0.3, -0.25) is 26.7 Å². The van der Waals surface area contributed by atoms with E-state index in [0.29, 0.717) is 12.0 Å². The molecule has 0 aliphatic rings. The monoisotopic (exact) mass is 411 g/mol. The maximum absolute atomic E-state index is 12.9. The van der Waals surface area contributed by atoms with Crippen molar-refractivity contribution >= 4 is 22.6 Å². The van der Waals surface area contributed by atoms with Crippen molar-refractivity contribution in [3.8, 4) is 0 Å². The maximum atomic E-state index is 12.9. The van der Waals surface area contributed by atoms with E-state index in [2.05, 4.69) is 40.6 Å². The first-order valence-corrected chi connectivity index (χ1v) is 9.29. The van der Waals surface area contributed by atoms with Crippen LogP contribution in [-0.4, -0.2) is 17.3 Å². The third-order valence-corrected chi connectivity index (χ3v) is 4.68. The van der Waals surface area contributed by atoms with E-state index in [1.807, 2.05) is 49.4 Å². The normalized spacial score (nSPS) is 10.8. The Balaban J connectivity index is 0.00000146. The van der Waals surface area contributed by atoms with Crippen molar-refractivity contribution in [2.75, 3.05) is 0 Å². The fraction of sp³-hybridized carbons (Fsp3) is 0.182. The zero-order valence-electron chi connectivity index (χ0n) is 16.9. The standard InChI is InChI=1S/C22H23N3O2.H4N2.H2O/c1-15(18-12-6-9-16-7-2-4-10-19(16)18)24-22(27)20-11-5-3-8-17(20)13-14-21(26)25-23;1-2;/h2-12,15H,13-14,23H2,1H3,(H,24,27)(H,25,26);1-2H2;1H2. The fourth-order valence-corrected chi connectivity index (χ4v) is 3.26. The first kappa shape index (κ1) is 24.7. The lowest BCUT2D eigenvalue weighted by molar-refractivity contribution is -0.121. The second kappa shape index (κ2) is 12.3. The van der Waals surface area contributed by atoms with E-state index >= 15 is 0 Å². The lowest BCUT2D eigenvalue weighted by atomic mass is 9.98. The van der Waals surface area contributed by atoms with Gasteiger partial charge in [0, 0.05) is 12.0 Å². The molecule has 0 heterocycles. The van der Waals surface area contributed by atoms with E-state index < -0.39 is 0 Å². The molecule has 0 aliphatic carbocycles. The molecule has 0 fully saturated rings. The molecule has 0 aromatic heterocycles. The van der Waals surface area contributed by atoms with Crippen molar-refractivity contribution in [1.29, 1.82) is 0 Å². The highest BCUT2D eigenvalue weighted by atomic mass is 16.2. The van der Waals surface area contributed by atoms with Crippen LogP contribution in [0.3, 0.4) is 0 Å². The largest absolute Gasteiger partial charge is 0.412 e. The van der Waals surface area contributed by atoms with E-state index in [4.69, 9.17) is 5.84 Å². The average molecular weight is 412 g/mol. The number of benzene rings is 3. The van der Waals surface area contributed by atoms with Crippen molar-refractivity contribution in [2.24, 2.45) is 17.5 Å². The van der Waals surface area contributed by atoms with Crippen LogP contribution in [0.2, 0.25) is 0 Å². The van der Waals surface area contributed by atoms with Crippen LogP contribution in [0.25, 0.3) is 10.8 Å². The zero-order chi connectivity index (χ0) is 21.2. The lowest BCUT2D eigenvalue weighted by Gasteiger charge is -2.18. The number of aryl methyl sites for hydroxylation is 1. The summed E-state index contributed by atoms with van der Waals surface area (Å²) in [6.07, 6.45) is 0.689. The summed E-state index contributed by atoms with van der Waals surface area (Å²) in [6.45, 7) is 1.98. The summed E-state index contributed by atoms with van der Waals surface area (Å²) < 4.78 is 0. The summed E-state index contributed by atoms with van der Waals surface area (Å²) in [5.41, 5.74) is 4.59. The Morgan fingerprint density at radius 2 is 1.57 bits per heavy atom. The van der Waals surface area contributed by atoms with Gasteiger partial charge in [-0.15, -0.1) is 0 Å². The number of amides is 2. The van der Waals surface area contributed by atoms with Crippen molar-refractivity contribution < 1.29 is 15.1 Å². The van der Waals surface area contributed by atoms with Crippen LogP contribution in [0.15, 0.2) is 66.7 Å². The first-order valence-electron chi connectivity index (χ1n) is 9.29. The zero-order valence-corrected chi connectivity index (χ0v) is 16.9. The third-order valence-electron chi connectivity index (χ3n) is 4.68. The first-order chi connectivity index (χ1) is 14.1. The van der Waals surface area contributed by atoms with Crippen LogP contribution in [0, 0.1) is 0 Å². The molecule has 0 radical (unpaired) electrons. The Morgan fingerprint density at radius 1 is 0.933 bits per heavy atom. The number of hydrogen-bond acceptors (Lipinski definition) is 5. The molecule has 1 atom stereocenters. The van der Waals surface area contributed by atoms with Gasteiger partial charge >= 0.3 is 0 Å². The molecule has 2 amide bonds. The number of hydrazine groups is 2. The number of carbonyl (C=O) groups is 2. The van der Waals surface area contributed by atoms with Gasteiger partial charge in [-0.1, -0.05) is 60.7 Å². The molecule has 0 aliphatic heterocycles. The van der Waals surface area contributed by atoms with Crippen LogP contribution in [0.5, 0.6) is 0 Å². The summed E-state index contributed by atoms with van der Waals surface area (Å²) in [6, 6.07) is 21.4. The Labute approximate surface area is 175 Å². The Kier molecular flexibility index (Phi) is 10.1. The van der Waals surface area contributed by atoms with Gasteiger partial charge in [0.2, 0.25) is 5.91 Å².